The fourth-order valence-electron chi connectivity index (χ4n) is 1.93. The van der Waals surface area contributed by atoms with Crippen LogP contribution >= 0.6 is 0 Å². The molecule has 2 heterocycles. The Bertz CT molecular complexity index is 792. The Morgan fingerprint density at radius 1 is 1.14 bits per heavy atom. The minimum atomic E-state index is -0.981. The van der Waals surface area contributed by atoms with Crippen LogP contribution in [0.15, 0.2) is 43.1 Å². The maximum atomic E-state index is 11.0. The highest BCUT2D eigenvalue weighted by Gasteiger charge is 2.08. The van der Waals surface area contributed by atoms with E-state index in [2.05, 4.69) is 25.3 Å². The number of hydrogen-bond acceptors (Lipinski definition) is 6. The van der Waals surface area contributed by atoms with Gasteiger partial charge >= 0.3 is 5.97 Å². The van der Waals surface area contributed by atoms with Crippen LogP contribution < -0.4 is 5.32 Å². The number of aromatic carboxylic acids is 1. The third-order valence-corrected chi connectivity index (χ3v) is 2.96. The molecular formula is C14H11N5O2. The van der Waals surface area contributed by atoms with Crippen molar-refractivity contribution < 1.29 is 9.90 Å². The minimum absolute atomic E-state index is 0.197. The first kappa shape index (κ1) is 12.9. The molecule has 0 saturated carbocycles. The van der Waals surface area contributed by atoms with E-state index in [9.17, 15) is 4.79 Å². The van der Waals surface area contributed by atoms with E-state index in [1.165, 1.54) is 24.8 Å². The maximum Gasteiger partial charge on any atom is 0.335 e. The molecule has 3 aromatic rings. The fraction of sp³-hybridized carbons (Fsp3) is 0.0714. The van der Waals surface area contributed by atoms with Crippen molar-refractivity contribution in [1.29, 1.82) is 0 Å². The number of aromatic nitrogens is 4. The lowest BCUT2D eigenvalue weighted by Crippen LogP contribution is -2.04. The van der Waals surface area contributed by atoms with Crippen molar-refractivity contribution in [3.63, 3.8) is 0 Å². The summed E-state index contributed by atoms with van der Waals surface area (Å²) in [5, 5.41) is 12.9. The summed E-state index contributed by atoms with van der Waals surface area (Å²) < 4.78 is 0. The first-order valence-electron chi connectivity index (χ1n) is 6.21. The number of nitrogens with one attached hydrogen (secondary N) is 1. The van der Waals surface area contributed by atoms with E-state index in [1.807, 2.05) is 0 Å². The molecule has 3 rings (SSSR count). The molecule has 1 aromatic carbocycles. The largest absolute Gasteiger partial charge is 0.478 e. The molecule has 7 heteroatoms. The van der Waals surface area contributed by atoms with E-state index in [-0.39, 0.29) is 5.56 Å². The number of carboxylic acid groups (broad SMARTS) is 1. The summed E-state index contributed by atoms with van der Waals surface area (Å²) in [6.07, 6.45) is 4.55. The van der Waals surface area contributed by atoms with Gasteiger partial charge in [0.05, 0.1) is 23.3 Å². The van der Waals surface area contributed by atoms with Crippen molar-refractivity contribution in [1.82, 2.24) is 19.9 Å². The smallest absolute Gasteiger partial charge is 0.335 e. The highest BCUT2D eigenvalue weighted by atomic mass is 16.4. The van der Waals surface area contributed by atoms with Crippen molar-refractivity contribution in [3.8, 4) is 0 Å². The number of nitrogens with zero attached hydrogens (tertiary/aromatic N) is 4. The molecule has 0 unspecified atom stereocenters. The molecule has 0 bridgehead atoms. The number of anilines is 1. The normalized spacial score (nSPS) is 10.5. The standard InChI is InChI=1S/C14H11N5O2/c20-14(21)9-1-2-11-12(5-9)18-8-19-13(11)16-6-10-3-4-15-7-17-10/h1-5,7-8H,6H2,(H,20,21)(H,16,18,19). The molecule has 0 fully saturated rings. The van der Waals surface area contributed by atoms with Crippen molar-refractivity contribution in [3.05, 3.63) is 54.4 Å². The number of benzene rings is 1. The zero-order chi connectivity index (χ0) is 14.7. The molecule has 0 spiro atoms. The van der Waals surface area contributed by atoms with Crippen molar-refractivity contribution in [2.75, 3.05) is 5.32 Å². The lowest BCUT2D eigenvalue weighted by Gasteiger charge is -2.08. The molecular weight excluding hydrogens is 270 g/mol. The summed E-state index contributed by atoms with van der Waals surface area (Å²) in [5.74, 6) is -0.346. The second-order valence-corrected chi connectivity index (χ2v) is 4.31. The summed E-state index contributed by atoms with van der Waals surface area (Å²) in [5.41, 5.74) is 1.61. The van der Waals surface area contributed by atoms with Crippen LogP contribution in [0.1, 0.15) is 16.1 Å². The zero-order valence-electron chi connectivity index (χ0n) is 10.9. The molecule has 0 aliphatic heterocycles. The lowest BCUT2D eigenvalue weighted by molar-refractivity contribution is 0.0697. The third kappa shape index (κ3) is 2.76. The van der Waals surface area contributed by atoms with E-state index >= 15 is 0 Å². The van der Waals surface area contributed by atoms with Gasteiger partial charge in [0.1, 0.15) is 18.5 Å². The van der Waals surface area contributed by atoms with E-state index in [0.29, 0.717) is 17.9 Å². The van der Waals surface area contributed by atoms with E-state index in [1.54, 1.807) is 18.3 Å². The summed E-state index contributed by atoms with van der Waals surface area (Å²) >= 11 is 0. The Labute approximate surface area is 119 Å². The number of hydrogen-bond donors (Lipinski definition) is 2. The van der Waals surface area contributed by atoms with Gasteiger partial charge in [-0.25, -0.2) is 24.7 Å². The highest BCUT2D eigenvalue weighted by Crippen LogP contribution is 2.20. The Kier molecular flexibility index (Phi) is 3.38. The van der Waals surface area contributed by atoms with Gasteiger partial charge in [-0.2, -0.15) is 0 Å². The molecule has 2 N–H and O–H groups in total. The number of fused-ring (bicyclic) bond motifs is 1. The van der Waals surface area contributed by atoms with Crippen LogP contribution in [0.5, 0.6) is 0 Å². The molecule has 0 radical (unpaired) electrons. The molecule has 104 valence electrons. The molecule has 0 aliphatic carbocycles. The van der Waals surface area contributed by atoms with Gasteiger partial charge in [-0.15, -0.1) is 0 Å². The molecule has 0 saturated heterocycles. The minimum Gasteiger partial charge on any atom is -0.478 e. The lowest BCUT2D eigenvalue weighted by atomic mass is 10.1. The fourth-order valence-corrected chi connectivity index (χ4v) is 1.93. The number of rotatable bonds is 4. The summed E-state index contributed by atoms with van der Waals surface area (Å²) in [6, 6.07) is 6.55. The second kappa shape index (κ2) is 5.49. The van der Waals surface area contributed by atoms with Gasteiger partial charge in [0.15, 0.2) is 0 Å². The predicted octanol–water partition coefficient (Wildman–Crippen LogP) is 1.73. The van der Waals surface area contributed by atoms with Crippen LogP contribution in [0.2, 0.25) is 0 Å². The van der Waals surface area contributed by atoms with Gasteiger partial charge < -0.3 is 10.4 Å². The van der Waals surface area contributed by atoms with Crippen LogP contribution in [-0.4, -0.2) is 31.0 Å². The quantitative estimate of drug-likeness (QED) is 0.750. The molecule has 7 nitrogen and oxygen atoms in total. The number of carbonyl (C=O) groups is 1. The van der Waals surface area contributed by atoms with Crippen LogP contribution in [0.25, 0.3) is 10.9 Å². The average Bonchev–Trinajstić information content (AvgIpc) is 2.53. The average molecular weight is 281 g/mol. The van der Waals surface area contributed by atoms with Gasteiger partial charge in [0.25, 0.3) is 0 Å². The number of carboxylic acids is 1. The van der Waals surface area contributed by atoms with Crippen molar-refractivity contribution in [2.24, 2.45) is 0 Å². The predicted molar refractivity (Wildman–Crippen MR) is 75.9 cm³/mol. The monoisotopic (exact) mass is 281 g/mol. The van der Waals surface area contributed by atoms with Crippen LogP contribution in [0.3, 0.4) is 0 Å². The topological polar surface area (TPSA) is 101 Å². The first-order chi connectivity index (χ1) is 10.2. The van der Waals surface area contributed by atoms with Gasteiger partial charge in [-0.3, -0.25) is 0 Å². The van der Waals surface area contributed by atoms with Gasteiger partial charge in [0.2, 0.25) is 0 Å². The highest BCUT2D eigenvalue weighted by molar-refractivity contribution is 5.96. The molecule has 0 atom stereocenters. The van der Waals surface area contributed by atoms with Crippen LogP contribution in [-0.2, 0) is 6.54 Å². The Hall–Kier alpha value is -3.09. The Balaban J connectivity index is 1.90. The SMILES string of the molecule is O=C(O)c1ccc2c(NCc3ccncn3)ncnc2c1. The molecule has 0 aliphatic rings. The zero-order valence-corrected chi connectivity index (χ0v) is 10.9. The van der Waals surface area contributed by atoms with Gasteiger partial charge in [-0.05, 0) is 24.3 Å². The van der Waals surface area contributed by atoms with Crippen LogP contribution in [0.4, 0.5) is 5.82 Å². The maximum absolute atomic E-state index is 11.0. The van der Waals surface area contributed by atoms with E-state index < -0.39 is 5.97 Å². The van der Waals surface area contributed by atoms with E-state index in [0.717, 1.165) is 11.1 Å². The van der Waals surface area contributed by atoms with E-state index in [4.69, 9.17) is 5.11 Å². The Morgan fingerprint density at radius 2 is 2.05 bits per heavy atom. The second-order valence-electron chi connectivity index (χ2n) is 4.31. The van der Waals surface area contributed by atoms with Crippen LogP contribution in [0, 0.1) is 0 Å². The van der Waals surface area contributed by atoms with Crippen molar-refractivity contribution in [2.45, 2.75) is 6.54 Å². The summed E-state index contributed by atoms with van der Waals surface area (Å²) in [6.45, 7) is 0.495. The van der Waals surface area contributed by atoms with Crippen molar-refractivity contribution >= 4 is 22.7 Å². The third-order valence-electron chi connectivity index (χ3n) is 2.96. The van der Waals surface area contributed by atoms with Gasteiger partial charge in [-0.1, -0.05) is 0 Å². The molecule has 0 amide bonds. The molecule has 2 aromatic heterocycles. The van der Waals surface area contributed by atoms with Gasteiger partial charge in [0, 0.05) is 11.6 Å². The summed E-state index contributed by atoms with van der Waals surface area (Å²) in [7, 11) is 0. The molecule has 21 heavy (non-hydrogen) atoms. The first-order valence-corrected chi connectivity index (χ1v) is 6.21. The summed E-state index contributed by atoms with van der Waals surface area (Å²) in [4.78, 5) is 27.2. The Morgan fingerprint density at radius 3 is 2.81 bits per heavy atom.